The van der Waals surface area contributed by atoms with Crippen LogP contribution in [0.1, 0.15) is 24.4 Å². The molecule has 18 heavy (non-hydrogen) atoms. The highest BCUT2D eigenvalue weighted by molar-refractivity contribution is 6.31. The van der Waals surface area contributed by atoms with Crippen molar-refractivity contribution in [3.63, 3.8) is 0 Å². The predicted octanol–water partition coefficient (Wildman–Crippen LogP) is 2.75. The average Bonchev–Trinajstić information content (AvgIpc) is 2.35. The molecule has 0 saturated carbocycles. The van der Waals surface area contributed by atoms with Gasteiger partial charge in [-0.15, -0.1) is 0 Å². The van der Waals surface area contributed by atoms with Crippen LogP contribution in [0.4, 0.5) is 0 Å². The zero-order chi connectivity index (χ0) is 13.1. The van der Waals surface area contributed by atoms with Gasteiger partial charge in [0.05, 0.1) is 5.52 Å². The van der Waals surface area contributed by atoms with E-state index in [4.69, 9.17) is 22.4 Å². The number of carboxylic acids is 1. The number of aromatic nitrogens is 1. The van der Waals surface area contributed by atoms with Crippen LogP contribution in [0.3, 0.4) is 0 Å². The molecule has 0 radical (unpaired) electrons. The minimum atomic E-state index is -0.846. The Morgan fingerprint density at radius 1 is 1.44 bits per heavy atom. The first-order valence-corrected chi connectivity index (χ1v) is 5.97. The molecule has 4 nitrogen and oxygen atoms in total. The number of rotatable bonds is 4. The number of hydrogen-bond donors (Lipinski definition) is 2. The summed E-state index contributed by atoms with van der Waals surface area (Å²) in [6.07, 6.45) is 2.11. The quantitative estimate of drug-likeness (QED) is 0.890. The Hall–Kier alpha value is -1.65. The van der Waals surface area contributed by atoms with Crippen molar-refractivity contribution in [1.29, 1.82) is 0 Å². The van der Waals surface area contributed by atoms with E-state index in [0.717, 1.165) is 16.5 Å². The molecule has 0 fully saturated rings. The zero-order valence-corrected chi connectivity index (χ0v) is 10.4. The van der Waals surface area contributed by atoms with Crippen LogP contribution in [0.15, 0.2) is 30.5 Å². The van der Waals surface area contributed by atoms with E-state index in [1.54, 1.807) is 18.3 Å². The van der Waals surface area contributed by atoms with E-state index in [2.05, 4.69) is 4.98 Å². The highest BCUT2D eigenvalue weighted by Gasteiger charge is 2.12. The van der Waals surface area contributed by atoms with Gasteiger partial charge in [0.25, 0.3) is 0 Å². The normalized spacial score (nSPS) is 12.6. The van der Waals surface area contributed by atoms with Crippen LogP contribution in [0.25, 0.3) is 10.9 Å². The molecule has 5 heteroatoms. The molecule has 1 aromatic heterocycles. The van der Waals surface area contributed by atoms with E-state index in [9.17, 15) is 4.79 Å². The maximum absolute atomic E-state index is 10.6. The monoisotopic (exact) mass is 264 g/mol. The number of carboxylic acid groups (broad SMARTS) is 1. The molecule has 0 aliphatic heterocycles. The largest absolute Gasteiger partial charge is 0.481 e. The average molecular weight is 265 g/mol. The van der Waals surface area contributed by atoms with E-state index in [1.807, 2.05) is 12.1 Å². The second kappa shape index (κ2) is 5.33. The number of hydrogen-bond acceptors (Lipinski definition) is 3. The summed E-state index contributed by atoms with van der Waals surface area (Å²) >= 11 is 5.96. The van der Waals surface area contributed by atoms with Crippen LogP contribution in [-0.4, -0.2) is 16.1 Å². The molecule has 0 bridgehead atoms. The van der Waals surface area contributed by atoms with Crippen LogP contribution in [-0.2, 0) is 4.79 Å². The summed E-state index contributed by atoms with van der Waals surface area (Å²) < 4.78 is 0. The van der Waals surface area contributed by atoms with Gasteiger partial charge in [0.15, 0.2) is 0 Å². The Morgan fingerprint density at radius 2 is 2.22 bits per heavy atom. The molecular weight excluding hydrogens is 252 g/mol. The van der Waals surface area contributed by atoms with Crippen molar-refractivity contribution >= 4 is 28.5 Å². The molecule has 0 amide bonds. The molecule has 1 unspecified atom stereocenters. The maximum atomic E-state index is 10.6. The second-order valence-electron chi connectivity index (χ2n) is 4.10. The van der Waals surface area contributed by atoms with Gasteiger partial charge >= 0.3 is 5.97 Å². The van der Waals surface area contributed by atoms with Crippen molar-refractivity contribution in [2.75, 3.05) is 0 Å². The number of nitrogens with two attached hydrogens (primary N) is 1. The number of aliphatic carboxylic acids is 1. The maximum Gasteiger partial charge on any atom is 0.303 e. The highest BCUT2D eigenvalue weighted by Crippen LogP contribution is 2.26. The fraction of sp³-hybridized carbons (Fsp3) is 0.231. The van der Waals surface area contributed by atoms with Gasteiger partial charge in [-0.2, -0.15) is 0 Å². The van der Waals surface area contributed by atoms with Gasteiger partial charge in [0, 0.05) is 29.1 Å². The SMILES string of the molecule is NC(CCC(=O)O)c1ccnc2ccc(Cl)cc12. The minimum absolute atomic E-state index is 0.0472. The summed E-state index contributed by atoms with van der Waals surface area (Å²) in [6.45, 7) is 0. The molecular formula is C13H13ClN2O2. The van der Waals surface area contributed by atoms with Crippen LogP contribution in [0.2, 0.25) is 5.02 Å². The van der Waals surface area contributed by atoms with Crippen LogP contribution in [0.5, 0.6) is 0 Å². The molecule has 0 aliphatic rings. The van der Waals surface area contributed by atoms with Crippen molar-refractivity contribution in [3.8, 4) is 0 Å². The number of halogens is 1. The summed E-state index contributed by atoms with van der Waals surface area (Å²) in [4.78, 5) is 14.8. The van der Waals surface area contributed by atoms with Crippen molar-refractivity contribution in [2.45, 2.75) is 18.9 Å². The van der Waals surface area contributed by atoms with Crippen molar-refractivity contribution < 1.29 is 9.90 Å². The molecule has 1 aromatic carbocycles. The van der Waals surface area contributed by atoms with Gasteiger partial charge in [0.1, 0.15) is 0 Å². The molecule has 0 saturated heterocycles. The number of carbonyl (C=O) groups is 1. The molecule has 94 valence electrons. The predicted molar refractivity (Wildman–Crippen MR) is 70.6 cm³/mol. The highest BCUT2D eigenvalue weighted by atomic mass is 35.5. The first kappa shape index (κ1) is 12.8. The lowest BCUT2D eigenvalue weighted by molar-refractivity contribution is -0.137. The topological polar surface area (TPSA) is 76.2 Å². The van der Waals surface area contributed by atoms with Crippen molar-refractivity contribution in [2.24, 2.45) is 5.73 Å². The van der Waals surface area contributed by atoms with E-state index in [0.29, 0.717) is 11.4 Å². The molecule has 1 heterocycles. The zero-order valence-electron chi connectivity index (χ0n) is 9.64. The molecule has 0 spiro atoms. The first-order chi connectivity index (χ1) is 8.58. The van der Waals surface area contributed by atoms with Gasteiger partial charge in [-0.1, -0.05) is 11.6 Å². The summed E-state index contributed by atoms with van der Waals surface area (Å²) in [5, 5.41) is 10.2. The third-order valence-corrected chi connectivity index (χ3v) is 3.04. The lowest BCUT2D eigenvalue weighted by atomic mass is 9.99. The third kappa shape index (κ3) is 2.78. The number of benzene rings is 1. The fourth-order valence-electron chi connectivity index (χ4n) is 1.90. The van der Waals surface area contributed by atoms with E-state index in [1.165, 1.54) is 0 Å². The van der Waals surface area contributed by atoms with Crippen LogP contribution in [0, 0.1) is 0 Å². The molecule has 3 N–H and O–H groups in total. The Kier molecular flexibility index (Phi) is 3.79. The number of fused-ring (bicyclic) bond motifs is 1. The van der Waals surface area contributed by atoms with Crippen molar-refractivity contribution in [3.05, 3.63) is 41.0 Å². The van der Waals surface area contributed by atoms with Gasteiger partial charge in [-0.25, -0.2) is 0 Å². The van der Waals surface area contributed by atoms with E-state index in [-0.39, 0.29) is 12.5 Å². The summed E-state index contributed by atoms with van der Waals surface area (Å²) in [7, 11) is 0. The molecule has 2 rings (SSSR count). The first-order valence-electron chi connectivity index (χ1n) is 5.59. The van der Waals surface area contributed by atoms with Gasteiger partial charge in [0.2, 0.25) is 0 Å². The molecule has 1 atom stereocenters. The van der Waals surface area contributed by atoms with Gasteiger partial charge in [-0.05, 0) is 36.2 Å². The lowest BCUT2D eigenvalue weighted by Crippen LogP contribution is -2.12. The smallest absolute Gasteiger partial charge is 0.303 e. The summed E-state index contributed by atoms with van der Waals surface area (Å²) in [6, 6.07) is 6.88. The number of nitrogens with zero attached hydrogens (tertiary/aromatic N) is 1. The van der Waals surface area contributed by atoms with E-state index < -0.39 is 5.97 Å². The Balaban J connectivity index is 2.37. The fourth-order valence-corrected chi connectivity index (χ4v) is 2.07. The molecule has 0 aliphatic carbocycles. The second-order valence-corrected chi connectivity index (χ2v) is 4.54. The summed E-state index contributed by atoms with van der Waals surface area (Å²) in [5.41, 5.74) is 7.71. The Bertz CT molecular complexity index is 586. The molecule has 2 aromatic rings. The lowest BCUT2D eigenvalue weighted by Gasteiger charge is -2.13. The van der Waals surface area contributed by atoms with Gasteiger partial charge < -0.3 is 10.8 Å². The Morgan fingerprint density at radius 3 is 2.94 bits per heavy atom. The Labute approximate surface area is 109 Å². The van der Waals surface area contributed by atoms with Crippen LogP contribution >= 0.6 is 11.6 Å². The van der Waals surface area contributed by atoms with Gasteiger partial charge in [-0.3, -0.25) is 9.78 Å². The van der Waals surface area contributed by atoms with E-state index >= 15 is 0 Å². The third-order valence-electron chi connectivity index (χ3n) is 2.81. The summed E-state index contributed by atoms with van der Waals surface area (Å²) in [5.74, 6) is -0.846. The minimum Gasteiger partial charge on any atom is -0.481 e. The number of pyridine rings is 1. The van der Waals surface area contributed by atoms with Crippen LogP contribution < -0.4 is 5.73 Å². The standard InChI is InChI=1S/C13H13ClN2O2/c14-8-1-3-12-10(7-8)9(5-6-16-12)11(15)2-4-13(17)18/h1,3,5-7,11H,2,4,15H2,(H,17,18). The van der Waals surface area contributed by atoms with Crippen molar-refractivity contribution in [1.82, 2.24) is 4.98 Å².